The fraction of sp³-hybridized carbons (Fsp3) is 0.500. The van der Waals surface area contributed by atoms with E-state index in [-0.39, 0.29) is 6.04 Å². The van der Waals surface area contributed by atoms with Gasteiger partial charge in [-0.1, -0.05) is 37.5 Å². The first-order valence-corrected chi connectivity index (χ1v) is 12.3. The van der Waals surface area contributed by atoms with Crippen molar-refractivity contribution in [2.45, 2.75) is 44.2 Å². The topological polar surface area (TPSA) is 68.5 Å². The van der Waals surface area contributed by atoms with Gasteiger partial charge < -0.3 is 14.4 Å². The number of aromatic nitrogens is 4. The molecule has 0 amide bonds. The number of rotatable bonds is 7. The van der Waals surface area contributed by atoms with Crippen LogP contribution in [0.3, 0.4) is 0 Å². The first-order chi connectivity index (χ1) is 16.8. The van der Waals surface area contributed by atoms with E-state index in [2.05, 4.69) is 54.3 Å². The Morgan fingerprint density at radius 2 is 1.59 bits per heavy atom. The van der Waals surface area contributed by atoms with Crippen LogP contribution in [-0.2, 0) is 0 Å². The summed E-state index contributed by atoms with van der Waals surface area (Å²) in [6.45, 7) is 3.69. The highest BCUT2D eigenvalue weighted by Gasteiger charge is 2.34. The van der Waals surface area contributed by atoms with Gasteiger partial charge in [0.25, 0.3) is 0 Å². The summed E-state index contributed by atoms with van der Waals surface area (Å²) >= 11 is 0. The SMILES string of the molecule is COc1ccc(N2CCN(C(c3ccccc3OC)c3nnnn3C3CCCCC3)CC2)cc1. The van der Waals surface area contributed by atoms with Crippen molar-refractivity contribution in [3.05, 3.63) is 59.9 Å². The molecule has 2 aliphatic rings. The second kappa shape index (κ2) is 10.4. The predicted octanol–water partition coefficient (Wildman–Crippen LogP) is 4.11. The minimum atomic E-state index is -0.0499. The van der Waals surface area contributed by atoms with Gasteiger partial charge >= 0.3 is 0 Å². The molecule has 1 aliphatic carbocycles. The van der Waals surface area contributed by atoms with E-state index in [1.54, 1.807) is 14.2 Å². The van der Waals surface area contributed by atoms with Crippen molar-refractivity contribution in [1.82, 2.24) is 25.1 Å². The molecule has 1 aromatic heterocycles. The first-order valence-electron chi connectivity index (χ1n) is 12.3. The molecule has 3 aromatic rings. The molecule has 0 N–H and O–H groups in total. The third kappa shape index (κ3) is 4.59. The van der Waals surface area contributed by atoms with Crippen molar-refractivity contribution in [3.8, 4) is 11.5 Å². The van der Waals surface area contributed by atoms with Crippen LogP contribution < -0.4 is 14.4 Å². The van der Waals surface area contributed by atoms with Gasteiger partial charge in [0.2, 0.25) is 0 Å². The molecule has 180 valence electrons. The number of nitrogens with zero attached hydrogens (tertiary/aromatic N) is 6. The molecule has 8 nitrogen and oxygen atoms in total. The van der Waals surface area contributed by atoms with Crippen LogP contribution in [0, 0.1) is 0 Å². The molecule has 1 saturated heterocycles. The highest BCUT2D eigenvalue weighted by atomic mass is 16.5. The predicted molar refractivity (Wildman–Crippen MR) is 132 cm³/mol. The van der Waals surface area contributed by atoms with Gasteiger partial charge in [0.1, 0.15) is 17.5 Å². The minimum absolute atomic E-state index is 0.0499. The lowest BCUT2D eigenvalue weighted by molar-refractivity contribution is 0.190. The van der Waals surface area contributed by atoms with Crippen LogP contribution in [-0.4, -0.2) is 65.5 Å². The van der Waals surface area contributed by atoms with Crippen LogP contribution in [0.15, 0.2) is 48.5 Å². The quantitative estimate of drug-likeness (QED) is 0.523. The van der Waals surface area contributed by atoms with Crippen molar-refractivity contribution in [2.24, 2.45) is 0 Å². The Labute approximate surface area is 201 Å². The van der Waals surface area contributed by atoms with E-state index in [4.69, 9.17) is 9.47 Å². The molecule has 34 heavy (non-hydrogen) atoms. The van der Waals surface area contributed by atoms with Gasteiger partial charge in [-0.05, 0) is 53.6 Å². The van der Waals surface area contributed by atoms with Crippen molar-refractivity contribution >= 4 is 5.69 Å². The summed E-state index contributed by atoms with van der Waals surface area (Å²) < 4.78 is 13.2. The molecule has 0 spiro atoms. The molecule has 1 atom stereocenters. The smallest absolute Gasteiger partial charge is 0.173 e. The van der Waals surface area contributed by atoms with Crippen molar-refractivity contribution in [2.75, 3.05) is 45.3 Å². The lowest BCUT2D eigenvalue weighted by Gasteiger charge is -2.40. The van der Waals surface area contributed by atoms with E-state index < -0.39 is 0 Å². The summed E-state index contributed by atoms with van der Waals surface area (Å²) in [7, 11) is 3.44. The molecule has 0 bridgehead atoms. The Hall–Kier alpha value is -3.13. The maximum Gasteiger partial charge on any atom is 0.173 e. The van der Waals surface area contributed by atoms with Crippen LogP contribution in [0.25, 0.3) is 0 Å². The van der Waals surface area contributed by atoms with E-state index in [9.17, 15) is 0 Å². The second-order valence-corrected chi connectivity index (χ2v) is 9.14. The van der Waals surface area contributed by atoms with Crippen LogP contribution in [0.1, 0.15) is 55.6 Å². The zero-order chi connectivity index (χ0) is 23.3. The average Bonchev–Trinajstić information content (AvgIpc) is 3.39. The van der Waals surface area contributed by atoms with Crippen molar-refractivity contribution in [1.29, 1.82) is 0 Å². The molecule has 1 saturated carbocycles. The second-order valence-electron chi connectivity index (χ2n) is 9.14. The molecule has 1 aliphatic heterocycles. The zero-order valence-corrected chi connectivity index (χ0v) is 20.1. The van der Waals surface area contributed by atoms with Gasteiger partial charge in [0.15, 0.2) is 5.82 Å². The van der Waals surface area contributed by atoms with Crippen LogP contribution in [0.2, 0.25) is 0 Å². The minimum Gasteiger partial charge on any atom is -0.497 e. The van der Waals surface area contributed by atoms with Gasteiger partial charge in [0, 0.05) is 37.4 Å². The van der Waals surface area contributed by atoms with Gasteiger partial charge in [0.05, 0.1) is 20.3 Å². The fourth-order valence-electron chi connectivity index (χ4n) is 5.39. The molecule has 2 fully saturated rings. The maximum absolute atomic E-state index is 5.79. The summed E-state index contributed by atoms with van der Waals surface area (Å²) in [6.07, 6.45) is 6.06. The molecule has 5 rings (SSSR count). The average molecular weight is 463 g/mol. The van der Waals surface area contributed by atoms with Crippen LogP contribution >= 0.6 is 0 Å². The molecular formula is C26H34N6O2. The van der Waals surface area contributed by atoms with Crippen LogP contribution in [0.5, 0.6) is 11.5 Å². The highest BCUT2D eigenvalue weighted by molar-refractivity contribution is 5.49. The number of hydrogen-bond donors (Lipinski definition) is 0. The Morgan fingerprint density at radius 1 is 0.853 bits per heavy atom. The van der Waals surface area contributed by atoms with Crippen LogP contribution in [0.4, 0.5) is 5.69 Å². The van der Waals surface area contributed by atoms with E-state index >= 15 is 0 Å². The standard InChI is InChI=1S/C26H34N6O2/c1-33-22-14-12-20(13-15-22)30-16-18-31(19-17-30)25(23-10-6-7-11-24(23)34-2)26-27-28-29-32(26)21-8-4-3-5-9-21/h6-7,10-15,21,25H,3-5,8-9,16-19H2,1-2H3. The van der Waals surface area contributed by atoms with E-state index in [1.165, 1.54) is 24.9 Å². The monoisotopic (exact) mass is 462 g/mol. The van der Waals surface area contributed by atoms with E-state index in [1.807, 2.05) is 24.3 Å². The lowest BCUT2D eigenvalue weighted by atomic mass is 9.95. The summed E-state index contributed by atoms with van der Waals surface area (Å²) in [6, 6.07) is 16.9. The van der Waals surface area contributed by atoms with Crippen molar-refractivity contribution < 1.29 is 9.47 Å². The number of piperazine rings is 1. The number of benzene rings is 2. The Morgan fingerprint density at radius 3 is 2.29 bits per heavy atom. The summed E-state index contributed by atoms with van der Waals surface area (Å²) in [5.41, 5.74) is 2.34. The van der Waals surface area contributed by atoms with Gasteiger partial charge in [-0.3, -0.25) is 4.90 Å². The number of ether oxygens (including phenoxy) is 2. The fourth-order valence-corrected chi connectivity index (χ4v) is 5.39. The highest BCUT2D eigenvalue weighted by Crippen LogP contribution is 2.37. The maximum atomic E-state index is 5.79. The van der Waals surface area contributed by atoms with Gasteiger partial charge in [-0.2, -0.15) is 0 Å². The van der Waals surface area contributed by atoms with E-state index in [0.717, 1.165) is 61.9 Å². The number of tetrazole rings is 1. The lowest BCUT2D eigenvalue weighted by Crippen LogP contribution is -2.48. The third-order valence-electron chi connectivity index (χ3n) is 7.23. The number of hydrogen-bond acceptors (Lipinski definition) is 7. The molecular weight excluding hydrogens is 428 g/mol. The number of anilines is 1. The number of para-hydroxylation sites is 1. The molecule has 2 heterocycles. The normalized spacial score (nSPS) is 18.6. The largest absolute Gasteiger partial charge is 0.497 e. The zero-order valence-electron chi connectivity index (χ0n) is 20.1. The van der Waals surface area contributed by atoms with Gasteiger partial charge in [-0.15, -0.1) is 5.10 Å². The molecule has 1 unspecified atom stereocenters. The number of methoxy groups -OCH3 is 2. The van der Waals surface area contributed by atoms with Gasteiger partial charge in [-0.25, -0.2) is 4.68 Å². The Balaban J connectivity index is 1.43. The van der Waals surface area contributed by atoms with Crippen molar-refractivity contribution in [3.63, 3.8) is 0 Å². The molecule has 2 aromatic carbocycles. The Kier molecular flexibility index (Phi) is 6.94. The summed E-state index contributed by atoms with van der Waals surface area (Å²) in [5, 5.41) is 13.2. The summed E-state index contributed by atoms with van der Waals surface area (Å²) in [5.74, 6) is 2.69. The molecule has 0 radical (unpaired) electrons. The Bertz CT molecular complexity index is 1060. The van der Waals surface area contributed by atoms with E-state index in [0.29, 0.717) is 6.04 Å². The third-order valence-corrected chi connectivity index (χ3v) is 7.23. The molecule has 8 heteroatoms. The first kappa shape index (κ1) is 22.7. The summed E-state index contributed by atoms with van der Waals surface area (Å²) in [4.78, 5) is 4.93.